The van der Waals surface area contributed by atoms with E-state index in [2.05, 4.69) is 0 Å². The smallest absolute Gasteiger partial charge is 0.328 e. The molecule has 1 amide bonds. The van der Waals surface area contributed by atoms with Crippen LogP contribution in [0.25, 0.3) is 0 Å². The molecule has 2 atom stereocenters. The molecule has 1 aromatic carbocycles. The van der Waals surface area contributed by atoms with E-state index in [9.17, 15) is 18.0 Å². The van der Waals surface area contributed by atoms with Gasteiger partial charge in [-0.05, 0) is 24.5 Å². The van der Waals surface area contributed by atoms with Gasteiger partial charge in [0.2, 0.25) is 5.91 Å². The second-order valence-electron chi connectivity index (χ2n) is 7.99. The molecule has 7 nitrogen and oxygen atoms in total. The molecular formula is C24H38F3N5O2. The van der Waals surface area contributed by atoms with Crippen LogP contribution in [0.5, 0.6) is 0 Å². The molecule has 1 aliphatic rings. The Kier molecular flexibility index (Phi) is 13.1. The van der Waals surface area contributed by atoms with Gasteiger partial charge in [0.05, 0.1) is 17.7 Å². The number of nitrogens with two attached hydrogens (primary N) is 1. The van der Waals surface area contributed by atoms with Crippen molar-refractivity contribution in [3.63, 3.8) is 0 Å². The van der Waals surface area contributed by atoms with Gasteiger partial charge in [0.1, 0.15) is 13.3 Å². The molecule has 0 aliphatic carbocycles. The number of nitriles is 1. The fourth-order valence-electron chi connectivity index (χ4n) is 3.67. The van der Waals surface area contributed by atoms with Gasteiger partial charge in [0.15, 0.2) is 0 Å². The number of hydrogen-bond acceptors (Lipinski definition) is 6. The van der Waals surface area contributed by atoms with Crippen molar-refractivity contribution in [2.45, 2.75) is 71.8 Å². The first-order chi connectivity index (χ1) is 16.2. The van der Waals surface area contributed by atoms with E-state index in [1.165, 1.54) is 11.0 Å². The van der Waals surface area contributed by atoms with Crippen LogP contribution in [0.3, 0.4) is 0 Å². The summed E-state index contributed by atoms with van der Waals surface area (Å²) in [6.07, 6.45) is -1.92. The van der Waals surface area contributed by atoms with Crippen molar-refractivity contribution in [3.8, 4) is 6.07 Å². The van der Waals surface area contributed by atoms with Gasteiger partial charge in [0.25, 0.3) is 0 Å². The quantitative estimate of drug-likeness (QED) is 0.505. The summed E-state index contributed by atoms with van der Waals surface area (Å²) in [7, 11) is 0. The maximum absolute atomic E-state index is 13.0. The maximum Gasteiger partial charge on any atom is 0.416 e. The third-order valence-corrected chi connectivity index (χ3v) is 5.52. The van der Waals surface area contributed by atoms with E-state index < -0.39 is 17.8 Å². The Morgan fingerprint density at radius 3 is 2.65 bits per heavy atom. The monoisotopic (exact) mass is 485 g/mol. The third kappa shape index (κ3) is 9.22. The predicted octanol–water partition coefficient (Wildman–Crippen LogP) is 4.00. The topological polar surface area (TPSA) is 85.8 Å². The number of rotatable bonds is 10. The van der Waals surface area contributed by atoms with Crippen LogP contribution in [-0.4, -0.2) is 65.8 Å². The molecule has 0 aromatic heterocycles. The minimum absolute atomic E-state index is 0.00422. The van der Waals surface area contributed by atoms with Crippen molar-refractivity contribution in [1.82, 2.24) is 14.9 Å². The van der Waals surface area contributed by atoms with Gasteiger partial charge in [-0.1, -0.05) is 52.3 Å². The molecule has 0 bridgehead atoms. The molecule has 1 fully saturated rings. The van der Waals surface area contributed by atoms with Crippen LogP contribution in [0.4, 0.5) is 13.2 Å². The van der Waals surface area contributed by atoms with E-state index in [4.69, 9.17) is 15.8 Å². The lowest BCUT2D eigenvalue weighted by Gasteiger charge is -2.41. The van der Waals surface area contributed by atoms with Crippen LogP contribution in [0.2, 0.25) is 0 Å². The number of unbranched alkanes of at least 4 members (excludes halogenated alkanes) is 1. The number of hydrogen-bond donors (Lipinski definition) is 1. The van der Waals surface area contributed by atoms with E-state index in [0.717, 1.165) is 31.4 Å². The SMILES string of the molecule is CC.CCCCN(CC#N)C(=O)[C@@H](N)CN1CC(CC)N(Cc2cccc(C(F)(F)F)c2)CO1. The highest BCUT2D eigenvalue weighted by Gasteiger charge is 2.32. The molecule has 1 saturated heterocycles. The van der Waals surface area contributed by atoms with E-state index >= 15 is 0 Å². The van der Waals surface area contributed by atoms with Gasteiger partial charge in [-0.15, -0.1) is 0 Å². The van der Waals surface area contributed by atoms with Crippen LogP contribution in [-0.2, 0) is 22.4 Å². The summed E-state index contributed by atoms with van der Waals surface area (Å²) < 4.78 is 39.0. The summed E-state index contributed by atoms with van der Waals surface area (Å²) in [4.78, 5) is 21.8. The molecule has 1 heterocycles. The van der Waals surface area contributed by atoms with Crippen LogP contribution in [0, 0.1) is 11.3 Å². The Morgan fingerprint density at radius 2 is 2.06 bits per heavy atom. The van der Waals surface area contributed by atoms with Gasteiger partial charge in [-0.25, -0.2) is 0 Å². The van der Waals surface area contributed by atoms with Gasteiger partial charge < -0.3 is 10.6 Å². The van der Waals surface area contributed by atoms with Gasteiger partial charge in [-0.2, -0.15) is 23.5 Å². The number of amides is 1. The molecule has 34 heavy (non-hydrogen) atoms. The normalized spacial score (nSPS) is 17.9. The molecule has 10 heteroatoms. The van der Waals surface area contributed by atoms with Crippen molar-refractivity contribution in [3.05, 3.63) is 35.4 Å². The van der Waals surface area contributed by atoms with Crippen molar-refractivity contribution >= 4 is 5.91 Å². The van der Waals surface area contributed by atoms with Crippen molar-refractivity contribution in [2.75, 3.05) is 32.9 Å². The Hall–Kier alpha value is -2.19. The highest BCUT2D eigenvalue weighted by Crippen LogP contribution is 2.30. The highest BCUT2D eigenvalue weighted by atomic mass is 19.4. The Balaban J connectivity index is 0.00000281. The number of alkyl halides is 3. The van der Waals surface area contributed by atoms with E-state index in [1.807, 2.05) is 38.7 Å². The van der Waals surface area contributed by atoms with Gasteiger partial charge in [-0.3, -0.25) is 14.5 Å². The Morgan fingerprint density at radius 1 is 1.35 bits per heavy atom. The maximum atomic E-state index is 13.0. The largest absolute Gasteiger partial charge is 0.416 e. The number of carbonyl (C=O) groups excluding carboxylic acids is 1. The summed E-state index contributed by atoms with van der Waals surface area (Å²) in [5.41, 5.74) is 6.00. The average molecular weight is 486 g/mol. The minimum atomic E-state index is -4.38. The number of benzene rings is 1. The summed E-state index contributed by atoms with van der Waals surface area (Å²) in [5.74, 6) is -0.289. The fraction of sp³-hybridized carbons (Fsp3) is 0.667. The Bertz CT molecular complexity index is 785. The molecule has 2 rings (SSSR count). The lowest BCUT2D eigenvalue weighted by Crippen LogP contribution is -2.56. The van der Waals surface area contributed by atoms with Gasteiger partial charge in [0, 0.05) is 32.2 Å². The highest BCUT2D eigenvalue weighted by molar-refractivity contribution is 5.82. The van der Waals surface area contributed by atoms with Crippen molar-refractivity contribution in [2.24, 2.45) is 5.73 Å². The molecule has 1 aromatic rings. The zero-order valence-corrected chi connectivity index (χ0v) is 20.6. The molecule has 0 spiro atoms. The summed E-state index contributed by atoms with van der Waals surface area (Å²) >= 11 is 0. The van der Waals surface area contributed by atoms with E-state index in [0.29, 0.717) is 25.2 Å². The van der Waals surface area contributed by atoms with Crippen LogP contribution >= 0.6 is 0 Å². The number of hydroxylamine groups is 2. The molecule has 1 aliphatic heterocycles. The van der Waals surface area contributed by atoms with Crippen LogP contribution < -0.4 is 5.73 Å². The molecule has 0 saturated carbocycles. The average Bonchev–Trinajstić information content (AvgIpc) is 2.83. The van der Waals surface area contributed by atoms with E-state index in [-0.39, 0.29) is 31.8 Å². The predicted molar refractivity (Wildman–Crippen MR) is 125 cm³/mol. The van der Waals surface area contributed by atoms with Gasteiger partial charge >= 0.3 is 6.18 Å². The first kappa shape index (κ1) is 29.8. The molecule has 0 radical (unpaired) electrons. The zero-order valence-electron chi connectivity index (χ0n) is 20.6. The number of nitrogens with zero attached hydrogens (tertiary/aromatic N) is 4. The lowest BCUT2D eigenvalue weighted by molar-refractivity contribution is -0.244. The Labute approximate surface area is 201 Å². The zero-order chi connectivity index (χ0) is 25.7. The molecule has 2 N–H and O–H groups in total. The first-order valence-corrected chi connectivity index (χ1v) is 11.9. The second kappa shape index (κ2) is 14.9. The van der Waals surface area contributed by atoms with E-state index in [1.54, 1.807) is 11.1 Å². The molecular weight excluding hydrogens is 447 g/mol. The summed E-state index contributed by atoms with van der Waals surface area (Å²) in [6, 6.07) is 6.51. The van der Waals surface area contributed by atoms with Crippen LogP contribution in [0.1, 0.15) is 58.1 Å². The number of halogens is 3. The van der Waals surface area contributed by atoms with Crippen LogP contribution in [0.15, 0.2) is 24.3 Å². The number of carbonyl (C=O) groups is 1. The second-order valence-corrected chi connectivity index (χ2v) is 7.99. The standard InChI is InChI=1S/C22H32F3N5O2.C2H6/c1-3-5-10-28(11-9-26)21(31)20(27)15-30-14-19(4-2)29(16-32-30)13-17-7-6-8-18(12-17)22(23,24)25;1-2/h6-8,12,19-20H,3-5,10-11,13-16,27H2,1-2H3;1-2H3/t19?,20-;/m0./s1. The van der Waals surface area contributed by atoms with Crippen molar-refractivity contribution in [1.29, 1.82) is 5.26 Å². The summed E-state index contributed by atoms with van der Waals surface area (Å²) in [5, 5.41) is 10.6. The molecule has 1 unspecified atom stereocenters. The first-order valence-electron chi connectivity index (χ1n) is 11.9. The lowest BCUT2D eigenvalue weighted by atomic mass is 10.1. The fourth-order valence-corrected chi connectivity index (χ4v) is 3.67. The minimum Gasteiger partial charge on any atom is -0.328 e. The van der Waals surface area contributed by atoms with Crippen molar-refractivity contribution < 1.29 is 22.8 Å². The third-order valence-electron chi connectivity index (χ3n) is 5.52. The molecule has 192 valence electrons. The summed E-state index contributed by atoms with van der Waals surface area (Å²) in [6.45, 7) is 9.66.